The minimum atomic E-state index is 0.226. The maximum absolute atomic E-state index is 8.94. The first-order chi connectivity index (χ1) is 10.2. The van der Waals surface area contributed by atoms with Crippen LogP contribution in [-0.2, 0) is 6.54 Å². The number of nitrogens with zero attached hydrogens (tertiary/aromatic N) is 4. The van der Waals surface area contributed by atoms with Gasteiger partial charge in [0.05, 0.1) is 21.8 Å². The average Bonchev–Trinajstić information content (AvgIpc) is 3.10. The summed E-state index contributed by atoms with van der Waals surface area (Å²) in [5.74, 6) is 1.24. The third kappa shape index (κ3) is 3.89. The molecule has 1 aliphatic rings. The Hall–Kier alpha value is -0.800. The Labute approximate surface area is 135 Å². The topological polar surface area (TPSA) is 65.6 Å². The summed E-state index contributed by atoms with van der Waals surface area (Å²) in [6, 6.07) is 3.95. The van der Waals surface area contributed by atoms with E-state index in [4.69, 9.17) is 9.52 Å². The van der Waals surface area contributed by atoms with Gasteiger partial charge in [-0.3, -0.25) is 9.80 Å². The number of aliphatic hydroxyl groups excluding tert-OH is 1. The van der Waals surface area contributed by atoms with Crippen molar-refractivity contribution in [2.75, 3.05) is 39.3 Å². The molecule has 6 nitrogen and oxygen atoms in total. The molecule has 114 valence electrons. The van der Waals surface area contributed by atoms with E-state index in [1.165, 1.54) is 0 Å². The normalized spacial score (nSPS) is 17.4. The van der Waals surface area contributed by atoms with Crippen LogP contribution in [0, 0.1) is 0 Å². The summed E-state index contributed by atoms with van der Waals surface area (Å²) in [6.45, 7) is 5.53. The summed E-state index contributed by atoms with van der Waals surface area (Å²) >= 11 is 5.01. The fourth-order valence-electron chi connectivity index (χ4n) is 2.35. The van der Waals surface area contributed by atoms with Crippen molar-refractivity contribution in [3.8, 4) is 10.8 Å². The fraction of sp³-hybridized carbons (Fsp3) is 0.538. The zero-order chi connectivity index (χ0) is 14.7. The van der Waals surface area contributed by atoms with Crippen LogP contribution < -0.4 is 0 Å². The monoisotopic (exact) mass is 372 g/mol. The van der Waals surface area contributed by atoms with E-state index in [2.05, 4.69) is 35.9 Å². The highest BCUT2D eigenvalue weighted by Crippen LogP contribution is 2.30. The molecule has 8 heteroatoms. The predicted molar refractivity (Wildman–Crippen MR) is 84.1 cm³/mol. The summed E-state index contributed by atoms with van der Waals surface area (Å²) in [5, 5.41) is 17.2. The van der Waals surface area contributed by atoms with Gasteiger partial charge in [-0.1, -0.05) is 0 Å². The molecule has 0 spiro atoms. The zero-order valence-corrected chi connectivity index (χ0v) is 13.9. The Balaban J connectivity index is 1.56. The zero-order valence-electron chi connectivity index (χ0n) is 11.5. The van der Waals surface area contributed by atoms with Gasteiger partial charge in [-0.2, -0.15) is 0 Å². The lowest BCUT2D eigenvalue weighted by molar-refractivity contribution is 0.103. The number of aliphatic hydroxyl groups is 1. The van der Waals surface area contributed by atoms with Crippen LogP contribution in [0.2, 0.25) is 0 Å². The lowest BCUT2D eigenvalue weighted by atomic mass is 10.3. The van der Waals surface area contributed by atoms with E-state index in [-0.39, 0.29) is 6.61 Å². The first kappa shape index (κ1) is 15.1. The maximum Gasteiger partial charge on any atom is 0.257 e. The van der Waals surface area contributed by atoms with Crippen LogP contribution in [0.4, 0.5) is 0 Å². The van der Waals surface area contributed by atoms with Gasteiger partial charge in [0.2, 0.25) is 5.89 Å². The lowest BCUT2D eigenvalue weighted by Gasteiger charge is -2.33. The lowest BCUT2D eigenvalue weighted by Crippen LogP contribution is -2.46. The smallest absolute Gasteiger partial charge is 0.257 e. The summed E-state index contributed by atoms with van der Waals surface area (Å²) in [4.78, 5) is 5.54. The standard InChI is InChI=1S/C13H17BrN4O2S/c14-11-2-1-10(21-11)13-16-15-12(20-13)9-18-5-3-17(4-6-18)7-8-19/h1-2,19H,3-9H2. The van der Waals surface area contributed by atoms with Crippen molar-refractivity contribution >= 4 is 27.3 Å². The Morgan fingerprint density at radius 2 is 1.95 bits per heavy atom. The second-order valence-corrected chi connectivity index (χ2v) is 7.41. The SMILES string of the molecule is OCCN1CCN(Cc2nnc(-c3ccc(Br)s3)o2)CC1. The van der Waals surface area contributed by atoms with Gasteiger partial charge in [-0.25, -0.2) is 0 Å². The van der Waals surface area contributed by atoms with E-state index in [9.17, 15) is 0 Å². The minimum Gasteiger partial charge on any atom is -0.419 e. The number of hydrogen-bond donors (Lipinski definition) is 1. The molecule has 3 rings (SSSR count). The van der Waals surface area contributed by atoms with Gasteiger partial charge in [-0.15, -0.1) is 21.5 Å². The van der Waals surface area contributed by atoms with Crippen molar-refractivity contribution in [2.45, 2.75) is 6.54 Å². The number of halogens is 1. The molecule has 3 heterocycles. The van der Waals surface area contributed by atoms with E-state index in [1.807, 2.05) is 12.1 Å². The van der Waals surface area contributed by atoms with Gasteiger partial charge in [0.25, 0.3) is 5.89 Å². The largest absolute Gasteiger partial charge is 0.419 e. The van der Waals surface area contributed by atoms with Gasteiger partial charge >= 0.3 is 0 Å². The molecule has 0 unspecified atom stereocenters. The van der Waals surface area contributed by atoms with Crippen LogP contribution in [0.1, 0.15) is 5.89 Å². The van der Waals surface area contributed by atoms with Crippen molar-refractivity contribution in [2.24, 2.45) is 0 Å². The molecule has 0 bridgehead atoms. The van der Waals surface area contributed by atoms with Gasteiger partial charge in [0.15, 0.2) is 0 Å². The van der Waals surface area contributed by atoms with Crippen molar-refractivity contribution < 1.29 is 9.52 Å². The summed E-state index contributed by atoms with van der Waals surface area (Å²) in [6.07, 6.45) is 0. The number of piperazine rings is 1. The van der Waals surface area contributed by atoms with E-state index < -0.39 is 0 Å². The van der Waals surface area contributed by atoms with Crippen molar-refractivity contribution in [3.05, 3.63) is 21.8 Å². The first-order valence-corrected chi connectivity index (χ1v) is 8.49. The Morgan fingerprint density at radius 1 is 1.19 bits per heavy atom. The molecule has 2 aromatic rings. The predicted octanol–water partition coefficient (Wildman–Crippen LogP) is 1.67. The molecular weight excluding hydrogens is 356 g/mol. The molecule has 1 saturated heterocycles. The fourth-order valence-corrected chi connectivity index (χ4v) is 3.66. The van der Waals surface area contributed by atoms with Gasteiger partial charge in [-0.05, 0) is 28.1 Å². The second kappa shape index (κ2) is 6.97. The molecule has 0 atom stereocenters. The van der Waals surface area contributed by atoms with Crippen LogP contribution in [0.15, 0.2) is 20.3 Å². The number of aromatic nitrogens is 2. The number of hydrogen-bond acceptors (Lipinski definition) is 7. The van der Waals surface area contributed by atoms with E-state index in [1.54, 1.807) is 11.3 Å². The summed E-state index contributed by atoms with van der Waals surface area (Å²) in [7, 11) is 0. The van der Waals surface area contributed by atoms with Crippen LogP contribution in [-0.4, -0.2) is 64.4 Å². The van der Waals surface area contributed by atoms with Gasteiger partial charge < -0.3 is 9.52 Å². The quantitative estimate of drug-likeness (QED) is 0.860. The van der Waals surface area contributed by atoms with Crippen molar-refractivity contribution in [3.63, 3.8) is 0 Å². The van der Waals surface area contributed by atoms with Gasteiger partial charge in [0.1, 0.15) is 0 Å². The number of β-amino-alcohol motifs (C(OH)–C–C–N with tert-alkyl or cyclic N) is 1. The average molecular weight is 373 g/mol. The van der Waals surface area contributed by atoms with Crippen LogP contribution in [0.5, 0.6) is 0 Å². The van der Waals surface area contributed by atoms with Crippen molar-refractivity contribution in [1.29, 1.82) is 0 Å². The molecule has 21 heavy (non-hydrogen) atoms. The molecule has 0 saturated carbocycles. The molecule has 0 aromatic carbocycles. The summed E-state index contributed by atoms with van der Waals surface area (Å²) < 4.78 is 6.79. The number of rotatable bonds is 5. The molecule has 1 aliphatic heterocycles. The molecule has 0 radical (unpaired) electrons. The van der Waals surface area contributed by atoms with Crippen molar-refractivity contribution in [1.82, 2.24) is 20.0 Å². The van der Waals surface area contributed by atoms with E-state index >= 15 is 0 Å². The highest BCUT2D eigenvalue weighted by molar-refractivity contribution is 9.11. The minimum absolute atomic E-state index is 0.226. The third-order valence-electron chi connectivity index (χ3n) is 3.49. The van der Waals surface area contributed by atoms with E-state index in [0.29, 0.717) is 18.3 Å². The van der Waals surface area contributed by atoms with Crippen LogP contribution in [0.3, 0.4) is 0 Å². The molecule has 1 N–H and O–H groups in total. The maximum atomic E-state index is 8.94. The highest BCUT2D eigenvalue weighted by atomic mass is 79.9. The second-order valence-electron chi connectivity index (χ2n) is 4.95. The molecule has 0 aliphatic carbocycles. The number of thiophene rings is 1. The highest BCUT2D eigenvalue weighted by Gasteiger charge is 2.19. The Morgan fingerprint density at radius 3 is 2.62 bits per heavy atom. The molecule has 0 amide bonds. The van der Waals surface area contributed by atoms with Crippen LogP contribution in [0.25, 0.3) is 10.8 Å². The first-order valence-electron chi connectivity index (χ1n) is 6.88. The summed E-state index contributed by atoms with van der Waals surface area (Å²) in [5.41, 5.74) is 0. The van der Waals surface area contributed by atoms with E-state index in [0.717, 1.165) is 41.4 Å². The third-order valence-corrected chi connectivity index (χ3v) is 5.10. The Bertz CT molecular complexity index is 580. The van der Waals surface area contributed by atoms with Crippen LogP contribution >= 0.6 is 27.3 Å². The molecule has 2 aromatic heterocycles. The molecule has 1 fully saturated rings. The molecular formula is C13H17BrN4O2S. The Kier molecular flexibility index (Phi) is 5.02. The van der Waals surface area contributed by atoms with Gasteiger partial charge in [0, 0.05) is 32.7 Å².